The molecular weight excluding hydrogens is 305 g/mol. The van der Waals surface area contributed by atoms with Crippen LogP contribution >= 0.6 is 23.2 Å². The van der Waals surface area contributed by atoms with Gasteiger partial charge in [-0.25, -0.2) is 4.98 Å². The molecule has 2 aromatic heterocycles. The van der Waals surface area contributed by atoms with Crippen molar-refractivity contribution in [3.8, 4) is 0 Å². The van der Waals surface area contributed by atoms with Crippen LogP contribution in [-0.2, 0) is 6.42 Å². The van der Waals surface area contributed by atoms with Crippen LogP contribution in [0.3, 0.4) is 0 Å². The van der Waals surface area contributed by atoms with Crippen LogP contribution in [0.1, 0.15) is 24.4 Å². The van der Waals surface area contributed by atoms with Gasteiger partial charge in [-0.3, -0.25) is 4.98 Å². The number of benzene rings is 1. The van der Waals surface area contributed by atoms with Crippen molar-refractivity contribution in [3.63, 3.8) is 0 Å². The van der Waals surface area contributed by atoms with E-state index in [1.54, 1.807) is 12.4 Å². The fourth-order valence-electron chi connectivity index (χ4n) is 2.65. The van der Waals surface area contributed by atoms with Crippen LogP contribution in [0.15, 0.2) is 42.7 Å². The minimum atomic E-state index is 0.0873. The van der Waals surface area contributed by atoms with Crippen LogP contribution in [0, 0.1) is 0 Å². The summed E-state index contributed by atoms with van der Waals surface area (Å²) in [5.41, 5.74) is 3.01. The van der Waals surface area contributed by atoms with Crippen LogP contribution in [0.4, 0.5) is 0 Å². The summed E-state index contributed by atoms with van der Waals surface area (Å²) in [7, 11) is 0. The second-order valence-electron chi connectivity index (χ2n) is 4.90. The number of rotatable bonds is 4. The highest BCUT2D eigenvalue weighted by Gasteiger charge is 2.18. The van der Waals surface area contributed by atoms with Gasteiger partial charge in [0.25, 0.3) is 0 Å². The van der Waals surface area contributed by atoms with E-state index < -0.39 is 0 Å². The Kier molecular flexibility index (Phi) is 4.13. The number of fused-ring (bicyclic) bond motifs is 1. The van der Waals surface area contributed by atoms with E-state index in [4.69, 9.17) is 23.2 Å². The van der Waals surface area contributed by atoms with Crippen LogP contribution in [0.25, 0.3) is 11.0 Å². The third-order valence-electron chi connectivity index (χ3n) is 3.63. The lowest BCUT2D eigenvalue weighted by molar-refractivity contribution is 0.624. The number of imidazole rings is 1. The molecule has 0 spiro atoms. The fourth-order valence-corrected chi connectivity index (χ4v) is 3.11. The molecule has 0 aliphatic carbocycles. The lowest BCUT2D eigenvalue weighted by atomic mass is 10.1. The molecule has 1 atom stereocenters. The maximum atomic E-state index is 6.34. The summed E-state index contributed by atoms with van der Waals surface area (Å²) in [6.45, 7) is 2.13. The highest BCUT2D eigenvalue weighted by molar-refractivity contribution is 6.31. The van der Waals surface area contributed by atoms with E-state index >= 15 is 0 Å². The van der Waals surface area contributed by atoms with Gasteiger partial charge >= 0.3 is 0 Å². The molecular formula is C16H15Cl2N3. The zero-order valence-corrected chi connectivity index (χ0v) is 13.1. The number of aryl methyl sites for hydroxylation is 1. The van der Waals surface area contributed by atoms with E-state index in [0.717, 1.165) is 27.4 Å². The summed E-state index contributed by atoms with van der Waals surface area (Å²) in [6.07, 6.45) is 4.28. The Bertz CT molecular complexity index is 767. The highest BCUT2D eigenvalue weighted by Crippen LogP contribution is 2.30. The maximum absolute atomic E-state index is 6.34. The van der Waals surface area contributed by atoms with Gasteiger partial charge in [0.2, 0.25) is 0 Å². The first-order valence-corrected chi connectivity index (χ1v) is 7.75. The fraction of sp³-hybridized carbons (Fsp3) is 0.250. The lowest BCUT2D eigenvalue weighted by Crippen LogP contribution is -2.11. The molecule has 0 saturated carbocycles. The Labute approximate surface area is 133 Å². The molecule has 0 aliphatic rings. The third-order valence-corrected chi connectivity index (χ3v) is 4.16. The summed E-state index contributed by atoms with van der Waals surface area (Å²) in [5.74, 6) is 1.49. The standard InChI is InChI=1S/C16H15Cl2N3/c1-11(12-4-2-3-5-13(12)18)21-15-7-9-19-10-14(15)20-16(21)6-8-17/h2-5,7,9-11H,6,8H2,1H3. The van der Waals surface area contributed by atoms with Crippen molar-refractivity contribution in [2.24, 2.45) is 0 Å². The molecule has 0 amide bonds. The van der Waals surface area contributed by atoms with Crippen molar-refractivity contribution in [1.82, 2.24) is 14.5 Å². The molecule has 0 fully saturated rings. The number of pyridine rings is 1. The smallest absolute Gasteiger partial charge is 0.111 e. The van der Waals surface area contributed by atoms with E-state index in [9.17, 15) is 0 Å². The van der Waals surface area contributed by atoms with Gasteiger partial charge in [0.1, 0.15) is 11.3 Å². The van der Waals surface area contributed by atoms with Crippen molar-refractivity contribution < 1.29 is 0 Å². The SMILES string of the molecule is CC(c1ccccc1Cl)n1c(CCCl)nc2cnccc21. The minimum absolute atomic E-state index is 0.0873. The van der Waals surface area contributed by atoms with Crippen LogP contribution < -0.4 is 0 Å². The van der Waals surface area contributed by atoms with Gasteiger partial charge in [-0.2, -0.15) is 0 Å². The maximum Gasteiger partial charge on any atom is 0.111 e. The van der Waals surface area contributed by atoms with Gasteiger partial charge in [0, 0.05) is 23.5 Å². The zero-order valence-electron chi connectivity index (χ0n) is 11.6. The number of hydrogen-bond acceptors (Lipinski definition) is 2. The van der Waals surface area contributed by atoms with Gasteiger partial charge in [-0.1, -0.05) is 29.8 Å². The summed E-state index contributed by atoms with van der Waals surface area (Å²) < 4.78 is 2.20. The first-order chi connectivity index (χ1) is 10.2. The van der Waals surface area contributed by atoms with E-state index in [1.165, 1.54) is 0 Å². The van der Waals surface area contributed by atoms with Gasteiger partial charge in [-0.15, -0.1) is 11.6 Å². The molecule has 1 aromatic carbocycles. The topological polar surface area (TPSA) is 30.7 Å². The summed E-state index contributed by atoms with van der Waals surface area (Å²) in [4.78, 5) is 8.79. The first kappa shape index (κ1) is 14.4. The van der Waals surface area contributed by atoms with Gasteiger partial charge < -0.3 is 4.57 Å². The largest absolute Gasteiger partial charge is 0.320 e. The average molecular weight is 320 g/mol. The predicted octanol–water partition coefficient (Wildman–Crippen LogP) is 4.48. The van der Waals surface area contributed by atoms with Crippen molar-refractivity contribution in [2.45, 2.75) is 19.4 Å². The van der Waals surface area contributed by atoms with Crippen molar-refractivity contribution in [3.05, 3.63) is 59.1 Å². The van der Waals surface area contributed by atoms with Crippen LogP contribution in [0.2, 0.25) is 5.02 Å². The Morgan fingerprint density at radius 2 is 2.05 bits per heavy atom. The monoisotopic (exact) mass is 319 g/mol. The van der Waals surface area contributed by atoms with E-state index in [0.29, 0.717) is 12.3 Å². The number of halogens is 2. The Balaban J connectivity index is 2.18. The number of aromatic nitrogens is 3. The number of alkyl halides is 1. The first-order valence-electron chi connectivity index (χ1n) is 6.83. The Hall–Kier alpha value is -1.58. The summed E-state index contributed by atoms with van der Waals surface area (Å²) >= 11 is 12.3. The van der Waals surface area contributed by atoms with Crippen LogP contribution in [0.5, 0.6) is 0 Å². The van der Waals surface area contributed by atoms with Gasteiger partial charge in [0.15, 0.2) is 0 Å². The molecule has 5 heteroatoms. The molecule has 0 radical (unpaired) electrons. The minimum Gasteiger partial charge on any atom is -0.320 e. The van der Waals surface area contributed by atoms with Crippen LogP contribution in [-0.4, -0.2) is 20.4 Å². The van der Waals surface area contributed by atoms with Crippen molar-refractivity contribution >= 4 is 34.2 Å². The molecule has 3 nitrogen and oxygen atoms in total. The quantitative estimate of drug-likeness (QED) is 0.664. The van der Waals surface area contributed by atoms with E-state index in [-0.39, 0.29) is 6.04 Å². The van der Waals surface area contributed by atoms with Gasteiger partial charge in [0.05, 0.1) is 17.8 Å². The zero-order chi connectivity index (χ0) is 14.8. The molecule has 0 aliphatic heterocycles. The molecule has 3 rings (SSSR count). The van der Waals surface area contributed by atoms with Crippen molar-refractivity contribution in [1.29, 1.82) is 0 Å². The third kappa shape index (κ3) is 2.63. The molecule has 1 unspecified atom stereocenters. The second-order valence-corrected chi connectivity index (χ2v) is 5.68. The van der Waals surface area contributed by atoms with E-state index in [1.807, 2.05) is 30.3 Å². The molecule has 0 N–H and O–H groups in total. The molecule has 2 heterocycles. The Morgan fingerprint density at radius 3 is 2.81 bits per heavy atom. The van der Waals surface area contributed by atoms with E-state index in [2.05, 4.69) is 21.5 Å². The molecule has 0 saturated heterocycles. The number of nitrogens with zero attached hydrogens (tertiary/aromatic N) is 3. The molecule has 108 valence electrons. The second kappa shape index (κ2) is 6.04. The summed E-state index contributed by atoms with van der Waals surface area (Å²) in [6, 6.07) is 9.96. The molecule has 3 aromatic rings. The van der Waals surface area contributed by atoms with Crippen molar-refractivity contribution in [2.75, 3.05) is 5.88 Å². The number of hydrogen-bond donors (Lipinski definition) is 0. The Morgan fingerprint density at radius 1 is 1.24 bits per heavy atom. The summed E-state index contributed by atoms with van der Waals surface area (Å²) in [5, 5.41) is 0.762. The highest BCUT2D eigenvalue weighted by atomic mass is 35.5. The average Bonchev–Trinajstić information content (AvgIpc) is 2.85. The molecule has 0 bridgehead atoms. The normalized spacial score (nSPS) is 12.7. The lowest BCUT2D eigenvalue weighted by Gasteiger charge is -2.19. The van der Waals surface area contributed by atoms with Gasteiger partial charge in [-0.05, 0) is 24.6 Å². The molecule has 21 heavy (non-hydrogen) atoms. The predicted molar refractivity (Wildman–Crippen MR) is 87.2 cm³/mol.